The molecule has 3 aromatic heterocycles. The number of hydrogen-bond donors (Lipinski definition) is 2. The minimum atomic E-state index is -0.463. The lowest BCUT2D eigenvalue weighted by atomic mass is 10.2. The highest BCUT2D eigenvalue weighted by Gasteiger charge is 2.11. The van der Waals surface area contributed by atoms with E-state index in [2.05, 4.69) is 30.6 Å². The summed E-state index contributed by atoms with van der Waals surface area (Å²) in [6.07, 6.45) is 7.55. The van der Waals surface area contributed by atoms with Crippen LogP contribution in [0.15, 0.2) is 48.5 Å². The molecule has 0 atom stereocenters. The topological polar surface area (TPSA) is 110 Å². The van der Waals surface area contributed by atoms with Gasteiger partial charge < -0.3 is 10.6 Å². The van der Waals surface area contributed by atoms with Crippen molar-refractivity contribution in [1.29, 1.82) is 0 Å². The molecule has 3 aromatic rings. The summed E-state index contributed by atoms with van der Waals surface area (Å²) in [5.74, 6) is -0.835. The number of anilines is 1. The fourth-order valence-electron chi connectivity index (χ4n) is 1.82. The van der Waals surface area contributed by atoms with Gasteiger partial charge in [-0.1, -0.05) is 0 Å². The SMILES string of the molecule is O=C(CNC(=O)c1cnccn1)Nc1nc(-c2ccncc2)cs1. The minimum absolute atomic E-state index is 0.152. The lowest BCUT2D eigenvalue weighted by molar-refractivity contribution is -0.115. The lowest BCUT2D eigenvalue weighted by Crippen LogP contribution is -2.33. The second kappa shape index (κ2) is 7.38. The van der Waals surface area contributed by atoms with E-state index in [0.29, 0.717) is 5.13 Å². The molecule has 0 saturated heterocycles. The fraction of sp³-hybridized carbons (Fsp3) is 0.0667. The van der Waals surface area contributed by atoms with Crippen LogP contribution in [0.3, 0.4) is 0 Å². The number of carbonyl (C=O) groups is 2. The Balaban J connectivity index is 1.54. The average molecular weight is 340 g/mol. The lowest BCUT2D eigenvalue weighted by Gasteiger charge is -2.04. The summed E-state index contributed by atoms with van der Waals surface area (Å²) in [5, 5.41) is 7.41. The van der Waals surface area contributed by atoms with Crippen LogP contribution in [0.1, 0.15) is 10.5 Å². The summed E-state index contributed by atoms with van der Waals surface area (Å²) in [6, 6.07) is 3.67. The van der Waals surface area contributed by atoms with Gasteiger partial charge in [0.1, 0.15) is 5.69 Å². The van der Waals surface area contributed by atoms with Crippen LogP contribution in [0, 0.1) is 0 Å². The van der Waals surface area contributed by atoms with Gasteiger partial charge in [0, 0.05) is 35.7 Å². The van der Waals surface area contributed by atoms with Gasteiger partial charge >= 0.3 is 0 Å². The first kappa shape index (κ1) is 15.7. The van der Waals surface area contributed by atoms with Gasteiger partial charge in [-0.25, -0.2) is 9.97 Å². The highest BCUT2D eigenvalue weighted by molar-refractivity contribution is 7.14. The van der Waals surface area contributed by atoms with Gasteiger partial charge in [0.05, 0.1) is 18.4 Å². The molecule has 0 aliphatic carbocycles. The Bertz CT molecular complexity index is 837. The van der Waals surface area contributed by atoms with E-state index in [-0.39, 0.29) is 18.1 Å². The van der Waals surface area contributed by atoms with Crippen LogP contribution in [-0.4, -0.2) is 38.3 Å². The standard InChI is InChI=1S/C15H12N6O2S/c22-13(8-19-14(23)11-7-17-5-6-18-11)21-15-20-12(9-24-15)10-1-3-16-4-2-10/h1-7,9H,8H2,(H,19,23)(H,20,21,22). The molecule has 24 heavy (non-hydrogen) atoms. The normalized spacial score (nSPS) is 10.2. The van der Waals surface area contributed by atoms with Crippen molar-refractivity contribution in [1.82, 2.24) is 25.3 Å². The van der Waals surface area contributed by atoms with E-state index >= 15 is 0 Å². The number of nitrogens with one attached hydrogen (secondary N) is 2. The number of pyridine rings is 1. The Labute approximate surface area is 141 Å². The van der Waals surface area contributed by atoms with Crippen molar-refractivity contribution < 1.29 is 9.59 Å². The summed E-state index contributed by atoms with van der Waals surface area (Å²) < 4.78 is 0. The summed E-state index contributed by atoms with van der Waals surface area (Å²) in [4.78, 5) is 39.6. The maximum Gasteiger partial charge on any atom is 0.271 e. The number of thiazole rings is 1. The Hall–Kier alpha value is -3.20. The summed E-state index contributed by atoms with van der Waals surface area (Å²) in [5.41, 5.74) is 1.82. The molecule has 8 nitrogen and oxygen atoms in total. The predicted molar refractivity (Wildman–Crippen MR) is 88.3 cm³/mol. The quantitative estimate of drug-likeness (QED) is 0.726. The zero-order valence-electron chi connectivity index (χ0n) is 12.3. The molecule has 9 heteroatoms. The Kier molecular flexibility index (Phi) is 4.82. The molecule has 0 unspecified atom stereocenters. The van der Waals surface area contributed by atoms with Crippen LogP contribution in [0.25, 0.3) is 11.3 Å². The van der Waals surface area contributed by atoms with Gasteiger partial charge in [-0.05, 0) is 12.1 Å². The van der Waals surface area contributed by atoms with E-state index in [1.54, 1.807) is 12.4 Å². The number of hydrogen-bond acceptors (Lipinski definition) is 7. The molecule has 0 aliphatic heterocycles. The number of amides is 2. The zero-order chi connectivity index (χ0) is 16.8. The van der Waals surface area contributed by atoms with Crippen LogP contribution < -0.4 is 10.6 Å². The van der Waals surface area contributed by atoms with E-state index in [4.69, 9.17) is 0 Å². The smallest absolute Gasteiger partial charge is 0.271 e. The molecule has 120 valence electrons. The highest BCUT2D eigenvalue weighted by atomic mass is 32.1. The van der Waals surface area contributed by atoms with Gasteiger partial charge in [-0.3, -0.25) is 19.6 Å². The summed E-state index contributed by atoms with van der Waals surface area (Å²) >= 11 is 1.30. The zero-order valence-corrected chi connectivity index (χ0v) is 13.2. The second-order valence-electron chi connectivity index (χ2n) is 4.60. The summed E-state index contributed by atoms with van der Waals surface area (Å²) in [7, 11) is 0. The van der Waals surface area contributed by atoms with Crippen molar-refractivity contribution in [2.45, 2.75) is 0 Å². The molecule has 0 spiro atoms. The molecule has 2 amide bonds. The Morgan fingerprint density at radius 2 is 1.92 bits per heavy atom. The summed E-state index contributed by atoms with van der Waals surface area (Å²) in [6.45, 7) is -0.181. The molecule has 0 aliphatic rings. The molecule has 0 radical (unpaired) electrons. The molecular formula is C15H12N6O2S. The van der Waals surface area contributed by atoms with Crippen LogP contribution in [0.2, 0.25) is 0 Å². The minimum Gasteiger partial charge on any atom is -0.342 e. The van der Waals surface area contributed by atoms with E-state index in [1.165, 1.54) is 29.9 Å². The molecule has 0 aromatic carbocycles. The van der Waals surface area contributed by atoms with Crippen molar-refractivity contribution in [3.63, 3.8) is 0 Å². The van der Waals surface area contributed by atoms with Crippen molar-refractivity contribution in [2.24, 2.45) is 0 Å². The van der Waals surface area contributed by atoms with Gasteiger partial charge in [-0.15, -0.1) is 11.3 Å². The van der Waals surface area contributed by atoms with Gasteiger partial charge in [0.2, 0.25) is 5.91 Å². The molecule has 2 N–H and O–H groups in total. The first-order chi connectivity index (χ1) is 11.7. The molecule has 0 saturated carbocycles. The average Bonchev–Trinajstić information content (AvgIpc) is 3.09. The first-order valence-electron chi connectivity index (χ1n) is 6.92. The van der Waals surface area contributed by atoms with Crippen molar-refractivity contribution >= 4 is 28.3 Å². The third-order valence-electron chi connectivity index (χ3n) is 2.93. The van der Waals surface area contributed by atoms with E-state index in [0.717, 1.165) is 11.3 Å². The number of rotatable bonds is 5. The van der Waals surface area contributed by atoms with Gasteiger partial charge in [0.25, 0.3) is 5.91 Å². The fourth-order valence-corrected chi connectivity index (χ4v) is 2.55. The molecule has 3 rings (SSSR count). The van der Waals surface area contributed by atoms with E-state index < -0.39 is 5.91 Å². The van der Waals surface area contributed by atoms with Gasteiger partial charge in [-0.2, -0.15) is 0 Å². The van der Waals surface area contributed by atoms with Crippen LogP contribution in [-0.2, 0) is 4.79 Å². The largest absolute Gasteiger partial charge is 0.342 e. The number of nitrogens with zero attached hydrogens (tertiary/aromatic N) is 4. The van der Waals surface area contributed by atoms with E-state index in [9.17, 15) is 9.59 Å². The molecule has 0 bridgehead atoms. The predicted octanol–water partition coefficient (Wildman–Crippen LogP) is 1.36. The van der Waals surface area contributed by atoms with Crippen LogP contribution in [0.5, 0.6) is 0 Å². The van der Waals surface area contributed by atoms with Crippen molar-refractivity contribution in [3.8, 4) is 11.3 Å². The van der Waals surface area contributed by atoms with E-state index in [1.807, 2.05) is 17.5 Å². The van der Waals surface area contributed by atoms with Crippen LogP contribution in [0.4, 0.5) is 5.13 Å². The molecular weight excluding hydrogens is 328 g/mol. The molecule has 0 fully saturated rings. The van der Waals surface area contributed by atoms with Crippen molar-refractivity contribution in [3.05, 3.63) is 54.2 Å². The molecule has 3 heterocycles. The highest BCUT2D eigenvalue weighted by Crippen LogP contribution is 2.23. The number of carbonyl (C=O) groups excluding carboxylic acids is 2. The Morgan fingerprint density at radius 3 is 2.67 bits per heavy atom. The van der Waals surface area contributed by atoms with Crippen LogP contribution >= 0.6 is 11.3 Å². The maximum absolute atomic E-state index is 11.9. The first-order valence-corrected chi connectivity index (χ1v) is 7.80. The number of aromatic nitrogens is 4. The monoisotopic (exact) mass is 340 g/mol. The Morgan fingerprint density at radius 1 is 1.08 bits per heavy atom. The van der Waals surface area contributed by atoms with Crippen molar-refractivity contribution in [2.75, 3.05) is 11.9 Å². The van der Waals surface area contributed by atoms with Gasteiger partial charge in [0.15, 0.2) is 5.13 Å². The third kappa shape index (κ3) is 3.96. The third-order valence-corrected chi connectivity index (χ3v) is 3.69. The maximum atomic E-state index is 11.9. The second-order valence-corrected chi connectivity index (χ2v) is 5.45.